The van der Waals surface area contributed by atoms with Crippen molar-refractivity contribution >= 4 is 5.91 Å². The van der Waals surface area contributed by atoms with Gasteiger partial charge >= 0.3 is 0 Å². The maximum atomic E-state index is 12.2. The Balaban J connectivity index is 1.54. The summed E-state index contributed by atoms with van der Waals surface area (Å²) in [6.45, 7) is 2.33. The van der Waals surface area contributed by atoms with Crippen LogP contribution in [-0.2, 0) is 11.3 Å². The molecule has 1 atom stereocenters. The highest BCUT2D eigenvalue weighted by Crippen LogP contribution is 2.32. The number of amides is 1. The molecule has 0 fully saturated rings. The van der Waals surface area contributed by atoms with Gasteiger partial charge in [0, 0.05) is 12.6 Å². The summed E-state index contributed by atoms with van der Waals surface area (Å²) in [7, 11) is 1.58. The zero-order chi connectivity index (χ0) is 16.9. The molecule has 1 N–H and O–H groups in total. The zero-order valence-electron chi connectivity index (χ0n) is 13.6. The van der Waals surface area contributed by atoms with E-state index < -0.39 is 6.10 Å². The summed E-state index contributed by atoms with van der Waals surface area (Å²) in [6.07, 6.45) is -0.619. The van der Waals surface area contributed by atoms with Gasteiger partial charge in [-0.15, -0.1) is 0 Å². The molecule has 0 aromatic heterocycles. The quantitative estimate of drug-likeness (QED) is 0.882. The second-order valence-corrected chi connectivity index (χ2v) is 5.34. The molecule has 6 heteroatoms. The van der Waals surface area contributed by atoms with Gasteiger partial charge < -0.3 is 24.3 Å². The maximum Gasteiger partial charge on any atom is 0.261 e. The van der Waals surface area contributed by atoms with Crippen molar-refractivity contribution in [3.8, 4) is 23.0 Å². The Kier molecular flexibility index (Phi) is 4.74. The molecule has 0 spiro atoms. The lowest BCUT2D eigenvalue weighted by Crippen LogP contribution is -2.35. The van der Waals surface area contributed by atoms with Crippen LogP contribution in [0.2, 0.25) is 0 Å². The average Bonchev–Trinajstić information content (AvgIpc) is 3.07. The Morgan fingerprint density at radius 2 is 1.96 bits per heavy atom. The van der Waals surface area contributed by atoms with E-state index in [-0.39, 0.29) is 12.7 Å². The van der Waals surface area contributed by atoms with Gasteiger partial charge in [-0.2, -0.15) is 0 Å². The van der Waals surface area contributed by atoms with Crippen LogP contribution < -0.4 is 24.3 Å². The Hall–Kier alpha value is -2.89. The van der Waals surface area contributed by atoms with Crippen molar-refractivity contribution in [3.05, 3.63) is 48.0 Å². The minimum atomic E-state index is -0.619. The predicted octanol–water partition coefficient (Wildman–Crippen LogP) is 2.51. The number of hydrogen-bond donors (Lipinski definition) is 1. The van der Waals surface area contributed by atoms with E-state index in [1.807, 2.05) is 30.3 Å². The van der Waals surface area contributed by atoms with Crippen LogP contribution in [0.25, 0.3) is 0 Å². The molecule has 24 heavy (non-hydrogen) atoms. The summed E-state index contributed by atoms with van der Waals surface area (Å²) in [4.78, 5) is 12.2. The molecule has 1 amide bonds. The third-order valence-corrected chi connectivity index (χ3v) is 3.63. The minimum absolute atomic E-state index is 0.199. The number of ether oxygens (including phenoxy) is 4. The van der Waals surface area contributed by atoms with Gasteiger partial charge in [0.25, 0.3) is 5.91 Å². The molecule has 0 saturated heterocycles. The lowest BCUT2D eigenvalue weighted by atomic mass is 10.2. The molecule has 1 aliphatic heterocycles. The molecule has 1 heterocycles. The number of carbonyl (C=O) groups excluding carboxylic acids is 1. The monoisotopic (exact) mass is 329 g/mol. The van der Waals surface area contributed by atoms with Crippen molar-refractivity contribution in [2.45, 2.75) is 19.6 Å². The Labute approximate surface area is 140 Å². The summed E-state index contributed by atoms with van der Waals surface area (Å²) in [5.74, 6) is 2.48. The summed E-state index contributed by atoms with van der Waals surface area (Å²) in [5.41, 5.74) is 0.932. The number of carbonyl (C=O) groups is 1. The first-order valence-corrected chi connectivity index (χ1v) is 7.62. The van der Waals surface area contributed by atoms with Crippen LogP contribution in [0.1, 0.15) is 12.5 Å². The standard InChI is InChI=1S/C18H19NO5/c1-12(24-15-5-3-4-14(9-15)21-2)18(20)19-10-13-6-7-16-17(8-13)23-11-22-16/h3-9,12H,10-11H2,1-2H3,(H,19,20). The van der Waals surface area contributed by atoms with Crippen molar-refractivity contribution in [2.24, 2.45) is 0 Å². The molecule has 3 rings (SSSR count). The molecule has 6 nitrogen and oxygen atoms in total. The first-order chi connectivity index (χ1) is 11.7. The van der Waals surface area contributed by atoms with Crippen LogP contribution in [0.4, 0.5) is 0 Å². The normalized spacial score (nSPS) is 13.2. The topological polar surface area (TPSA) is 66.0 Å². The molecule has 2 aromatic rings. The molecule has 0 radical (unpaired) electrons. The number of rotatable bonds is 6. The van der Waals surface area contributed by atoms with Crippen LogP contribution in [0.15, 0.2) is 42.5 Å². The van der Waals surface area contributed by atoms with Crippen molar-refractivity contribution in [3.63, 3.8) is 0 Å². The van der Waals surface area contributed by atoms with E-state index >= 15 is 0 Å². The summed E-state index contributed by atoms with van der Waals surface area (Å²) < 4.78 is 21.4. The number of hydrogen-bond acceptors (Lipinski definition) is 5. The van der Waals surface area contributed by atoms with Crippen LogP contribution in [0, 0.1) is 0 Å². The van der Waals surface area contributed by atoms with E-state index in [9.17, 15) is 4.79 Å². The van der Waals surface area contributed by atoms with Crippen LogP contribution in [-0.4, -0.2) is 25.9 Å². The number of methoxy groups -OCH3 is 1. The van der Waals surface area contributed by atoms with Gasteiger partial charge in [0.1, 0.15) is 11.5 Å². The highest BCUT2D eigenvalue weighted by Gasteiger charge is 2.16. The van der Waals surface area contributed by atoms with Crippen LogP contribution in [0.3, 0.4) is 0 Å². The second kappa shape index (κ2) is 7.12. The number of fused-ring (bicyclic) bond motifs is 1. The van der Waals surface area contributed by atoms with Gasteiger partial charge in [-0.1, -0.05) is 12.1 Å². The summed E-state index contributed by atoms with van der Waals surface area (Å²) >= 11 is 0. The molecule has 2 aromatic carbocycles. The number of benzene rings is 2. The Morgan fingerprint density at radius 3 is 2.79 bits per heavy atom. The van der Waals surface area contributed by atoms with E-state index in [0.29, 0.717) is 23.8 Å². The summed E-state index contributed by atoms with van der Waals surface area (Å²) in [6, 6.07) is 12.7. The molecule has 1 unspecified atom stereocenters. The van der Waals surface area contributed by atoms with Crippen molar-refractivity contribution in [1.82, 2.24) is 5.32 Å². The van der Waals surface area contributed by atoms with E-state index in [1.54, 1.807) is 26.2 Å². The highest BCUT2D eigenvalue weighted by molar-refractivity contribution is 5.80. The van der Waals surface area contributed by atoms with Crippen molar-refractivity contribution in [2.75, 3.05) is 13.9 Å². The smallest absolute Gasteiger partial charge is 0.261 e. The molecular weight excluding hydrogens is 310 g/mol. The molecular formula is C18H19NO5. The van der Waals surface area contributed by atoms with E-state index in [0.717, 1.165) is 11.3 Å². The van der Waals surface area contributed by atoms with Crippen LogP contribution in [0.5, 0.6) is 23.0 Å². The van der Waals surface area contributed by atoms with Crippen molar-refractivity contribution in [1.29, 1.82) is 0 Å². The fourth-order valence-electron chi connectivity index (χ4n) is 2.32. The van der Waals surface area contributed by atoms with Crippen LogP contribution >= 0.6 is 0 Å². The van der Waals surface area contributed by atoms with Gasteiger partial charge in [-0.05, 0) is 36.8 Å². The third-order valence-electron chi connectivity index (χ3n) is 3.63. The largest absolute Gasteiger partial charge is 0.497 e. The highest BCUT2D eigenvalue weighted by atomic mass is 16.7. The lowest BCUT2D eigenvalue weighted by Gasteiger charge is -2.15. The van der Waals surface area contributed by atoms with Gasteiger partial charge in [-0.3, -0.25) is 4.79 Å². The van der Waals surface area contributed by atoms with E-state index in [2.05, 4.69) is 5.32 Å². The van der Waals surface area contributed by atoms with Gasteiger partial charge in [-0.25, -0.2) is 0 Å². The fourth-order valence-corrected chi connectivity index (χ4v) is 2.32. The molecule has 0 aliphatic carbocycles. The van der Waals surface area contributed by atoms with E-state index in [1.165, 1.54) is 0 Å². The molecule has 0 bridgehead atoms. The van der Waals surface area contributed by atoms with Gasteiger partial charge in [0.05, 0.1) is 7.11 Å². The second-order valence-electron chi connectivity index (χ2n) is 5.34. The van der Waals surface area contributed by atoms with Gasteiger partial charge in [0.2, 0.25) is 6.79 Å². The Bertz CT molecular complexity index is 731. The number of nitrogens with one attached hydrogen (secondary N) is 1. The first kappa shape index (κ1) is 16.0. The SMILES string of the molecule is COc1cccc(OC(C)C(=O)NCc2ccc3c(c2)OCO3)c1. The third kappa shape index (κ3) is 3.71. The molecule has 126 valence electrons. The zero-order valence-corrected chi connectivity index (χ0v) is 13.6. The molecule has 1 aliphatic rings. The lowest BCUT2D eigenvalue weighted by molar-refractivity contribution is -0.127. The predicted molar refractivity (Wildman–Crippen MR) is 87.5 cm³/mol. The average molecular weight is 329 g/mol. The minimum Gasteiger partial charge on any atom is -0.497 e. The van der Waals surface area contributed by atoms with Gasteiger partial charge in [0.15, 0.2) is 17.6 Å². The maximum absolute atomic E-state index is 12.2. The Morgan fingerprint density at radius 1 is 1.17 bits per heavy atom. The first-order valence-electron chi connectivity index (χ1n) is 7.62. The fraction of sp³-hybridized carbons (Fsp3) is 0.278. The molecule has 0 saturated carbocycles. The van der Waals surface area contributed by atoms with E-state index in [4.69, 9.17) is 18.9 Å². The van der Waals surface area contributed by atoms with Crippen molar-refractivity contribution < 1.29 is 23.7 Å². The summed E-state index contributed by atoms with van der Waals surface area (Å²) in [5, 5.41) is 2.85.